The highest BCUT2D eigenvalue weighted by Crippen LogP contribution is 2.41. The zero-order chi connectivity index (χ0) is 23.3. The Hall–Kier alpha value is -3.39. The van der Waals surface area contributed by atoms with Gasteiger partial charge in [0.05, 0.1) is 6.54 Å². The zero-order valence-corrected chi connectivity index (χ0v) is 20.1. The number of nitrogens with zero attached hydrogens (tertiary/aromatic N) is 2. The molecule has 2 nitrogen and oxygen atoms in total. The average molecular weight is 433 g/mol. The number of aliphatic imine (C=N–C) groups is 1. The van der Waals surface area contributed by atoms with Crippen molar-refractivity contribution in [2.24, 2.45) is 4.99 Å². The highest BCUT2D eigenvalue weighted by atomic mass is 15.0. The lowest BCUT2D eigenvalue weighted by Gasteiger charge is -2.16. The SMILES string of the molecule is C=C(C)CN=C1Cc2c(ccc3c2c2cc(C(=C)C4=C(C)C=CCC4)ccc2n3CC)C1=C. The maximum atomic E-state index is 4.83. The molecule has 0 atom stereocenters. The monoisotopic (exact) mass is 432 g/mol. The van der Waals surface area contributed by atoms with Crippen LogP contribution in [-0.4, -0.2) is 16.8 Å². The quantitative estimate of drug-likeness (QED) is 0.363. The van der Waals surface area contributed by atoms with Gasteiger partial charge in [-0.15, -0.1) is 0 Å². The summed E-state index contributed by atoms with van der Waals surface area (Å²) in [5, 5.41) is 2.65. The third kappa shape index (κ3) is 3.45. The highest BCUT2D eigenvalue weighted by Gasteiger charge is 2.26. The van der Waals surface area contributed by atoms with Gasteiger partial charge in [0.15, 0.2) is 0 Å². The second-order valence-corrected chi connectivity index (χ2v) is 9.42. The Labute approximate surface area is 197 Å². The van der Waals surface area contributed by atoms with Crippen LogP contribution >= 0.6 is 0 Å². The van der Waals surface area contributed by atoms with E-state index < -0.39 is 0 Å². The Morgan fingerprint density at radius 2 is 1.91 bits per heavy atom. The molecule has 166 valence electrons. The molecule has 0 amide bonds. The number of benzene rings is 2. The number of rotatable bonds is 5. The van der Waals surface area contributed by atoms with E-state index in [0.717, 1.165) is 48.2 Å². The minimum atomic E-state index is 0.662. The number of aromatic nitrogens is 1. The van der Waals surface area contributed by atoms with Gasteiger partial charge in [0.2, 0.25) is 0 Å². The van der Waals surface area contributed by atoms with Crippen molar-refractivity contribution in [2.45, 2.75) is 46.6 Å². The molecule has 0 unspecified atom stereocenters. The minimum Gasteiger partial charge on any atom is -0.341 e. The molecule has 0 fully saturated rings. The summed E-state index contributed by atoms with van der Waals surface area (Å²) in [6.07, 6.45) is 7.48. The average Bonchev–Trinajstić information content (AvgIpc) is 3.31. The van der Waals surface area contributed by atoms with Gasteiger partial charge in [0.25, 0.3) is 0 Å². The van der Waals surface area contributed by atoms with E-state index in [2.05, 4.69) is 80.6 Å². The summed E-state index contributed by atoms with van der Waals surface area (Å²) >= 11 is 0. The molecule has 0 bridgehead atoms. The van der Waals surface area contributed by atoms with Crippen molar-refractivity contribution in [3.8, 4) is 0 Å². The molecular formula is C31H32N2. The molecule has 0 aliphatic heterocycles. The van der Waals surface area contributed by atoms with E-state index in [9.17, 15) is 0 Å². The van der Waals surface area contributed by atoms with Crippen molar-refractivity contribution in [2.75, 3.05) is 6.54 Å². The Balaban J connectivity index is 1.71. The predicted molar refractivity (Wildman–Crippen MR) is 145 cm³/mol. The van der Waals surface area contributed by atoms with Gasteiger partial charge in [-0.05, 0) is 90.8 Å². The van der Waals surface area contributed by atoms with E-state index in [-0.39, 0.29) is 0 Å². The molecule has 2 aliphatic rings. The van der Waals surface area contributed by atoms with Gasteiger partial charge in [0.1, 0.15) is 0 Å². The molecule has 33 heavy (non-hydrogen) atoms. The molecule has 1 aromatic heterocycles. The summed E-state index contributed by atoms with van der Waals surface area (Å²) in [5.74, 6) is 0. The van der Waals surface area contributed by atoms with Crippen LogP contribution in [0, 0.1) is 0 Å². The maximum Gasteiger partial charge on any atom is 0.0598 e. The molecule has 2 aliphatic carbocycles. The molecular weight excluding hydrogens is 400 g/mol. The number of hydrogen-bond donors (Lipinski definition) is 0. The summed E-state index contributed by atoms with van der Waals surface area (Å²) in [4.78, 5) is 4.83. The summed E-state index contributed by atoms with van der Waals surface area (Å²) in [7, 11) is 0. The molecule has 2 aromatic carbocycles. The molecule has 0 N–H and O–H groups in total. The third-order valence-corrected chi connectivity index (χ3v) is 7.13. The van der Waals surface area contributed by atoms with Crippen molar-refractivity contribution < 1.29 is 0 Å². The summed E-state index contributed by atoms with van der Waals surface area (Å²) in [6, 6.07) is 11.4. The number of aryl methyl sites for hydroxylation is 1. The van der Waals surface area contributed by atoms with Crippen LogP contribution in [0.5, 0.6) is 0 Å². The Morgan fingerprint density at radius 1 is 1.12 bits per heavy atom. The van der Waals surface area contributed by atoms with Crippen LogP contribution < -0.4 is 0 Å². The van der Waals surface area contributed by atoms with E-state index >= 15 is 0 Å². The van der Waals surface area contributed by atoms with E-state index in [1.165, 1.54) is 49.6 Å². The largest absolute Gasteiger partial charge is 0.341 e. The van der Waals surface area contributed by atoms with Crippen LogP contribution in [-0.2, 0) is 13.0 Å². The number of allylic oxidation sites excluding steroid dienone is 6. The maximum absolute atomic E-state index is 4.83. The minimum absolute atomic E-state index is 0.662. The number of hydrogen-bond acceptors (Lipinski definition) is 1. The van der Waals surface area contributed by atoms with Crippen LogP contribution in [0.15, 0.2) is 83.9 Å². The van der Waals surface area contributed by atoms with Crippen molar-refractivity contribution in [3.63, 3.8) is 0 Å². The van der Waals surface area contributed by atoms with E-state index in [0.29, 0.717) is 6.54 Å². The first kappa shape index (κ1) is 21.5. The fourth-order valence-electron chi connectivity index (χ4n) is 5.42. The molecule has 2 heteroatoms. The topological polar surface area (TPSA) is 17.3 Å². The summed E-state index contributed by atoms with van der Waals surface area (Å²) < 4.78 is 2.43. The Kier molecular flexibility index (Phi) is 5.32. The molecule has 0 spiro atoms. The van der Waals surface area contributed by atoms with Crippen molar-refractivity contribution in [1.82, 2.24) is 4.57 Å². The first-order valence-corrected chi connectivity index (χ1v) is 11.9. The highest BCUT2D eigenvalue weighted by molar-refractivity contribution is 6.30. The fraction of sp³-hybridized carbons (Fsp3) is 0.258. The lowest BCUT2D eigenvalue weighted by molar-refractivity contribution is 0.827. The molecule has 1 heterocycles. The molecule has 5 rings (SSSR count). The lowest BCUT2D eigenvalue weighted by atomic mass is 9.88. The Morgan fingerprint density at radius 3 is 2.64 bits per heavy atom. The van der Waals surface area contributed by atoms with Crippen molar-refractivity contribution in [3.05, 3.63) is 95.6 Å². The Bertz CT molecular complexity index is 1450. The van der Waals surface area contributed by atoms with Gasteiger partial charge in [-0.2, -0.15) is 0 Å². The summed E-state index contributed by atoms with van der Waals surface area (Å²) in [5.41, 5.74) is 13.5. The smallest absolute Gasteiger partial charge is 0.0598 e. The predicted octanol–water partition coefficient (Wildman–Crippen LogP) is 8.08. The van der Waals surface area contributed by atoms with Gasteiger partial charge in [-0.25, -0.2) is 0 Å². The van der Waals surface area contributed by atoms with Crippen molar-refractivity contribution >= 4 is 38.7 Å². The third-order valence-electron chi connectivity index (χ3n) is 7.13. The normalized spacial score (nSPS) is 16.9. The summed E-state index contributed by atoms with van der Waals surface area (Å²) in [6.45, 7) is 20.9. The van der Waals surface area contributed by atoms with E-state index in [1.54, 1.807) is 0 Å². The van der Waals surface area contributed by atoms with Crippen LogP contribution in [0.25, 0.3) is 33.0 Å². The van der Waals surface area contributed by atoms with Gasteiger partial charge in [0, 0.05) is 40.5 Å². The van der Waals surface area contributed by atoms with E-state index in [1.807, 2.05) is 6.92 Å². The van der Waals surface area contributed by atoms with Crippen LogP contribution in [0.3, 0.4) is 0 Å². The first-order valence-electron chi connectivity index (χ1n) is 11.9. The second-order valence-electron chi connectivity index (χ2n) is 9.42. The van der Waals surface area contributed by atoms with Crippen molar-refractivity contribution in [1.29, 1.82) is 0 Å². The van der Waals surface area contributed by atoms with Gasteiger partial charge < -0.3 is 4.57 Å². The molecule has 0 saturated carbocycles. The first-order chi connectivity index (χ1) is 15.9. The van der Waals surface area contributed by atoms with Crippen LogP contribution in [0.1, 0.15) is 50.3 Å². The van der Waals surface area contributed by atoms with E-state index in [4.69, 9.17) is 4.99 Å². The standard InChI is InChI=1S/C31H32N2/c1-7-33-29-14-12-23(21(5)24-11-9-8-10-20(24)4)16-27(29)31-26-17-28(32-18-19(2)3)22(6)25(26)13-15-30(31)33/h8,10,12-16H,2,5-7,9,11,17-18H2,1,3-4H3. The fourth-order valence-corrected chi connectivity index (χ4v) is 5.42. The molecule has 0 radical (unpaired) electrons. The molecule has 0 saturated heterocycles. The van der Waals surface area contributed by atoms with Crippen LogP contribution in [0.2, 0.25) is 0 Å². The lowest BCUT2D eigenvalue weighted by Crippen LogP contribution is -1.97. The van der Waals surface area contributed by atoms with Crippen LogP contribution in [0.4, 0.5) is 0 Å². The zero-order valence-electron chi connectivity index (χ0n) is 20.1. The van der Waals surface area contributed by atoms with Gasteiger partial charge in [-0.1, -0.05) is 49.6 Å². The van der Waals surface area contributed by atoms with Gasteiger partial charge >= 0.3 is 0 Å². The van der Waals surface area contributed by atoms with Gasteiger partial charge in [-0.3, -0.25) is 4.99 Å². The molecule has 3 aromatic rings. The second kappa shape index (κ2) is 8.19. The number of fused-ring (bicyclic) bond motifs is 5.